The summed E-state index contributed by atoms with van der Waals surface area (Å²) < 4.78 is -1.60. The van der Waals surface area contributed by atoms with Crippen LogP contribution in [-0.2, 0) is 0 Å². The van der Waals surface area contributed by atoms with Crippen LogP contribution in [0.3, 0.4) is 0 Å². The fraction of sp³-hybridized carbons (Fsp3) is 1.00. The number of hydrogen-bond acceptors (Lipinski definition) is 0. The molecule has 0 heterocycles. The monoisotopic (exact) mass is 652 g/mol. The van der Waals surface area contributed by atoms with Crippen molar-refractivity contribution in [3.8, 4) is 0 Å². The third-order valence-corrected chi connectivity index (χ3v) is 20.6. The first-order valence-electron chi connectivity index (χ1n) is 17.8. The van der Waals surface area contributed by atoms with Gasteiger partial charge in [-0.2, -0.15) is 0 Å². The average Bonchev–Trinajstić information content (AvgIpc) is 2.89. The summed E-state index contributed by atoms with van der Waals surface area (Å²) in [5.74, 6) is 0. The summed E-state index contributed by atoms with van der Waals surface area (Å²) in [6, 6.07) is 0. The molecule has 0 saturated heterocycles. The van der Waals surface area contributed by atoms with Gasteiger partial charge in [0.2, 0.25) is 0 Å². The maximum atomic E-state index is 3.21. The molecule has 0 N–H and O–H groups in total. The molecule has 0 nitrogen and oxygen atoms in total. The van der Waals surface area contributed by atoms with E-state index in [1.807, 2.05) is 0 Å². The van der Waals surface area contributed by atoms with Crippen molar-refractivity contribution < 1.29 is 0 Å². The summed E-state index contributed by atoms with van der Waals surface area (Å²) in [6.45, 7) is 9.40. The van der Waals surface area contributed by atoms with E-state index in [0.29, 0.717) is 0 Å². The Kier molecular flexibility index (Phi) is 28.2. The summed E-state index contributed by atoms with van der Waals surface area (Å²) in [5.41, 5.74) is 0. The molecule has 0 spiro atoms. The Balaban J connectivity index is 4.72. The normalized spacial score (nSPS) is 13.2. The Hall–Kier alpha value is 1.16. The van der Waals surface area contributed by atoms with Gasteiger partial charge in [0.05, 0.1) is 0 Å². The zero-order valence-corrected chi connectivity index (χ0v) is 29.8. The van der Waals surface area contributed by atoms with E-state index in [0.717, 1.165) is 0 Å². The quantitative estimate of drug-likeness (QED) is 0.0397. The van der Waals surface area contributed by atoms with Crippen molar-refractivity contribution in [2.75, 3.05) is 24.6 Å². The fourth-order valence-electron chi connectivity index (χ4n) is 6.35. The van der Waals surface area contributed by atoms with Gasteiger partial charge in [0.25, 0.3) is 0 Å². The second-order valence-corrected chi connectivity index (χ2v) is 26.5. The molecule has 0 rings (SSSR count). The van der Waals surface area contributed by atoms with Crippen molar-refractivity contribution in [1.29, 1.82) is 0 Å². The van der Waals surface area contributed by atoms with Crippen LogP contribution in [0.2, 0.25) is 0 Å². The van der Waals surface area contributed by atoms with E-state index in [1.165, 1.54) is 173 Å². The van der Waals surface area contributed by atoms with Gasteiger partial charge >= 0.3 is 239 Å². The third-order valence-electron chi connectivity index (χ3n) is 9.03. The molecule has 226 valence electrons. The van der Waals surface area contributed by atoms with E-state index in [-0.39, 0.29) is 0 Å². The molecule has 0 radical (unpaired) electrons. The first kappa shape index (κ1) is 38.2. The van der Waals surface area contributed by atoms with Crippen LogP contribution in [-0.4, -0.2) is 24.6 Å². The molecular weight excluding hydrogens is 578 g/mol. The number of halogens is 1. The minimum atomic E-state index is -1.60. The van der Waals surface area contributed by atoms with Crippen molar-refractivity contribution in [3.63, 3.8) is 0 Å². The molecule has 0 bridgehead atoms. The van der Waals surface area contributed by atoms with Crippen LogP contribution in [0.1, 0.15) is 201 Å². The second-order valence-electron chi connectivity index (χ2n) is 12.8. The minimum absolute atomic E-state index is 1.37. The Morgan fingerprint density at radius 2 is 0.432 bits per heavy atom. The van der Waals surface area contributed by atoms with E-state index in [2.05, 4.69) is 49.7 Å². The van der Waals surface area contributed by atoms with E-state index in [1.54, 1.807) is 24.6 Å². The van der Waals surface area contributed by atoms with Crippen LogP contribution < -0.4 is 0 Å². The first-order valence-corrected chi connectivity index (χ1v) is 23.5. The summed E-state index contributed by atoms with van der Waals surface area (Å²) in [7, 11) is 0. The predicted molar refractivity (Wildman–Crippen MR) is 188 cm³/mol. The Labute approximate surface area is 250 Å². The molecule has 37 heavy (non-hydrogen) atoms. The topological polar surface area (TPSA) is 0 Å². The van der Waals surface area contributed by atoms with Crippen LogP contribution in [0.15, 0.2) is 0 Å². The standard InChI is InChI=1S/C35H74IP/c1-5-9-13-17-18-19-20-21-22-23-27-31-35-37(36,32-28-24-14-10-6-2,33-29-25-15-11-7-3)34-30-26-16-12-8-4/h5-35H2,1-4H3. The van der Waals surface area contributed by atoms with Crippen LogP contribution >= 0.6 is 26.3 Å². The SMILES string of the molecule is CCCCCCCCCCCCCCP(I)(CCCCCCC)(CCCCCCC)CCCCCCC. The molecule has 0 aliphatic carbocycles. The zero-order valence-electron chi connectivity index (χ0n) is 26.7. The summed E-state index contributed by atoms with van der Waals surface area (Å²) in [5, 5.41) is 0. The summed E-state index contributed by atoms with van der Waals surface area (Å²) >= 11 is 3.21. The van der Waals surface area contributed by atoms with Crippen molar-refractivity contribution in [1.82, 2.24) is 0 Å². The fourth-order valence-corrected chi connectivity index (χ4v) is 15.8. The van der Waals surface area contributed by atoms with Gasteiger partial charge in [-0.05, 0) is 0 Å². The van der Waals surface area contributed by atoms with E-state index in [4.69, 9.17) is 0 Å². The average molecular weight is 653 g/mol. The van der Waals surface area contributed by atoms with Gasteiger partial charge in [0.1, 0.15) is 0 Å². The van der Waals surface area contributed by atoms with Gasteiger partial charge < -0.3 is 0 Å². The number of hydrogen-bond donors (Lipinski definition) is 0. The number of unbranched alkanes of at least 4 members (excludes halogenated alkanes) is 23. The van der Waals surface area contributed by atoms with Crippen molar-refractivity contribution in [3.05, 3.63) is 0 Å². The van der Waals surface area contributed by atoms with Crippen molar-refractivity contribution in [2.45, 2.75) is 201 Å². The van der Waals surface area contributed by atoms with Crippen LogP contribution in [0.25, 0.3) is 0 Å². The Bertz CT molecular complexity index is 410. The molecular formula is C35H74IP. The van der Waals surface area contributed by atoms with Crippen LogP contribution in [0.4, 0.5) is 0 Å². The molecule has 0 amide bonds. The second kappa shape index (κ2) is 27.3. The summed E-state index contributed by atoms with van der Waals surface area (Å²) in [4.78, 5) is 0. The number of rotatable bonds is 31. The molecule has 0 unspecified atom stereocenters. The molecule has 0 fully saturated rings. The predicted octanol–water partition coefficient (Wildman–Crippen LogP) is 14.5. The molecule has 0 aromatic heterocycles. The summed E-state index contributed by atoms with van der Waals surface area (Å²) in [6.07, 6.45) is 46.3. The van der Waals surface area contributed by atoms with Gasteiger partial charge in [-0.25, -0.2) is 0 Å². The van der Waals surface area contributed by atoms with Gasteiger partial charge in [-0.1, -0.05) is 13.3 Å². The van der Waals surface area contributed by atoms with E-state index >= 15 is 0 Å². The van der Waals surface area contributed by atoms with Gasteiger partial charge in [-0.15, -0.1) is 0 Å². The third kappa shape index (κ3) is 23.6. The molecule has 0 saturated carbocycles. The molecule has 0 aromatic carbocycles. The molecule has 0 aromatic rings. The molecule has 2 heteroatoms. The van der Waals surface area contributed by atoms with Gasteiger partial charge in [0, 0.05) is 0 Å². The van der Waals surface area contributed by atoms with Gasteiger partial charge in [0.15, 0.2) is 0 Å². The molecule has 0 atom stereocenters. The maximum absolute atomic E-state index is 3.21. The molecule has 0 aliphatic heterocycles. The van der Waals surface area contributed by atoms with Crippen LogP contribution in [0.5, 0.6) is 0 Å². The Morgan fingerprint density at radius 1 is 0.270 bits per heavy atom. The van der Waals surface area contributed by atoms with Crippen LogP contribution in [0, 0.1) is 0 Å². The van der Waals surface area contributed by atoms with Crippen molar-refractivity contribution in [2.24, 2.45) is 0 Å². The van der Waals surface area contributed by atoms with Gasteiger partial charge in [-0.3, -0.25) is 0 Å². The Morgan fingerprint density at radius 3 is 0.622 bits per heavy atom. The van der Waals surface area contributed by atoms with E-state index in [9.17, 15) is 0 Å². The first-order chi connectivity index (χ1) is 18.0. The van der Waals surface area contributed by atoms with Crippen molar-refractivity contribution >= 4 is 26.3 Å². The zero-order chi connectivity index (χ0) is 27.4. The van der Waals surface area contributed by atoms with E-state index < -0.39 is 4.25 Å². The molecule has 0 aliphatic rings.